The van der Waals surface area contributed by atoms with Crippen molar-refractivity contribution in [1.29, 1.82) is 0 Å². The second-order valence-electron chi connectivity index (χ2n) is 5.11. The van der Waals surface area contributed by atoms with Crippen molar-refractivity contribution in [3.8, 4) is 0 Å². The van der Waals surface area contributed by atoms with Gasteiger partial charge in [0.2, 0.25) is 0 Å². The van der Waals surface area contributed by atoms with Gasteiger partial charge in [-0.3, -0.25) is 4.90 Å². The topological polar surface area (TPSA) is 29.3 Å². The Kier molecular flexibility index (Phi) is 4.60. The number of likely N-dealkylation sites (tertiary alicyclic amines) is 1. The third-order valence-corrected chi connectivity index (χ3v) is 4.80. The van der Waals surface area contributed by atoms with Crippen LogP contribution >= 0.6 is 11.3 Å². The van der Waals surface area contributed by atoms with E-state index in [9.17, 15) is 0 Å². The van der Waals surface area contributed by atoms with Crippen LogP contribution in [0.2, 0.25) is 0 Å². The first-order valence-corrected chi connectivity index (χ1v) is 7.65. The molecular weight excluding hydrogens is 228 g/mol. The molecule has 1 aromatic heterocycles. The predicted octanol–water partition coefficient (Wildman–Crippen LogP) is 3.32. The summed E-state index contributed by atoms with van der Waals surface area (Å²) in [5, 5.41) is 2.20. The average molecular weight is 252 g/mol. The van der Waals surface area contributed by atoms with Crippen LogP contribution in [0.4, 0.5) is 0 Å². The molecule has 0 bridgehead atoms. The molecular formula is C14H24N2S. The zero-order valence-corrected chi connectivity index (χ0v) is 11.8. The lowest BCUT2D eigenvalue weighted by molar-refractivity contribution is 0.188. The maximum Gasteiger partial charge on any atom is 0.0596 e. The summed E-state index contributed by atoms with van der Waals surface area (Å²) >= 11 is 1.88. The summed E-state index contributed by atoms with van der Waals surface area (Å²) in [5.74, 6) is 0. The first kappa shape index (κ1) is 13.1. The summed E-state index contributed by atoms with van der Waals surface area (Å²) in [4.78, 5) is 4.10. The van der Waals surface area contributed by atoms with Crippen LogP contribution in [-0.2, 0) is 0 Å². The molecule has 0 aromatic carbocycles. The number of nitrogens with two attached hydrogens (primary N) is 1. The summed E-state index contributed by atoms with van der Waals surface area (Å²) in [6, 6.07) is 2.99. The van der Waals surface area contributed by atoms with Gasteiger partial charge in [0.1, 0.15) is 0 Å². The quantitative estimate of drug-likeness (QED) is 0.894. The van der Waals surface area contributed by atoms with Crippen LogP contribution in [0.5, 0.6) is 0 Å². The van der Waals surface area contributed by atoms with E-state index in [0.717, 1.165) is 0 Å². The second kappa shape index (κ2) is 5.98. The number of aryl methyl sites for hydroxylation is 1. The van der Waals surface area contributed by atoms with Crippen LogP contribution in [0.25, 0.3) is 0 Å². The van der Waals surface area contributed by atoms with Crippen molar-refractivity contribution in [3.63, 3.8) is 0 Å². The molecule has 2 unspecified atom stereocenters. The third kappa shape index (κ3) is 2.90. The number of hydrogen-bond donors (Lipinski definition) is 1. The molecule has 3 heteroatoms. The van der Waals surface area contributed by atoms with Crippen molar-refractivity contribution >= 4 is 11.3 Å². The molecule has 0 saturated carbocycles. The lowest BCUT2D eigenvalue weighted by Crippen LogP contribution is -2.40. The van der Waals surface area contributed by atoms with Crippen LogP contribution in [0.15, 0.2) is 11.4 Å². The molecule has 1 aromatic rings. The lowest BCUT2D eigenvalue weighted by atomic mass is 10.0. The summed E-state index contributed by atoms with van der Waals surface area (Å²) < 4.78 is 0. The monoisotopic (exact) mass is 252 g/mol. The van der Waals surface area contributed by atoms with Gasteiger partial charge in [-0.2, -0.15) is 0 Å². The van der Waals surface area contributed by atoms with E-state index in [1.165, 1.54) is 49.2 Å². The fraction of sp³-hybridized carbons (Fsp3) is 0.714. The first-order valence-electron chi connectivity index (χ1n) is 6.77. The minimum absolute atomic E-state index is 0.307. The predicted molar refractivity (Wildman–Crippen MR) is 75.5 cm³/mol. The van der Waals surface area contributed by atoms with Gasteiger partial charge >= 0.3 is 0 Å². The number of rotatable bonds is 3. The molecule has 17 heavy (non-hydrogen) atoms. The minimum Gasteiger partial charge on any atom is -0.326 e. The highest BCUT2D eigenvalue weighted by Crippen LogP contribution is 2.34. The van der Waals surface area contributed by atoms with E-state index >= 15 is 0 Å². The maximum atomic E-state index is 6.42. The van der Waals surface area contributed by atoms with E-state index in [0.29, 0.717) is 12.1 Å². The highest BCUT2D eigenvalue weighted by molar-refractivity contribution is 7.10. The highest BCUT2D eigenvalue weighted by atomic mass is 32.1. The van der Waals surface area contributed by atoms with Crippen molar-refractivity contribution in [2.75, 3.05) is 13.1 Å². The van der Waals surface area contributed by atoms with Crippen LogP contribution in [0, 0.1) is 6.92 Å². The van der Waals surface area contributed by atoms with Crippen molar-refractivity contribution in [3.05, 3.63) is 21.9 Å². The van der Waals surface area contributed by atoms with Gasteiger partial charge in [0.05, 0.1) is 6.04 Å². The molecule has 96 valence electrons. The van der Waals surface area contributed by atoms with E-state index in [2.05, 4.69) is 30.2 Å². The molecule has 2 heterocycles. The fourth-order valence-corrected chi connectivity index (χ4v) is 3.98. The molecule has 2 N–H and O–H groups in total. The Bertz CT molecular complexity index is 348. The van der Waals surface area contributed by atoms with E-state index in [-0.39, 0.29) is 0 Å². The molecule has 0 spiro atoms. The lowest BCUT2D eigenvalue weighted by Gasteiger charge is -2.33. The van der Waals surface area contributed by atoms with Crippen LogP contribution < -0.4 is 5.73 Å². The van der Waals surface area contributed by atoms with Gasteiger partial charge < -0.3 is 5.73 Å². The van der Waals surface area contributed by atoms with Gasteiger partial charge in [-0.1, -0.05) is 13.3 Å². The SMILES string of the molecule is CCCN1CCCCC(N)C1c1sccc1C. The Morgan fingerprint density at radius 2 is 2.29 bits per heavy atom. The van der Waals surface area contributed by atoms with Gasteiger partial charge in [-0.15, -0.1) is 11.3 Å². The van der Waals surface area contributed by atoms with Gasteiger partial charge in [0, 0.05) is 10.9 Å². The maximum absolute atomic E-state index is 6.42. The minimum atomic E-state index is 0.307. The van der Waals surface area contributed by atoms with Gasteiger partial charge in [0.25, 0.3) is 0 Å². The molecule has 1 fully saturated rings. The van der Waals surface area contributed by atoms with Crippen LogP contribution in [0.1, 0.15) is 49.1 Å². The molecule has 0 aliphatic carbocycles. The first-order chi connectivity index (χ1) is 8.24. The van der Waals surface area contributed by atoms with Crippen LogP contribution in [0.3, 0.4) is 0 Å². The zero-order chi connectivity index (χ0) is 12.3. The Hall–Kier alpha value is -0.380. The molecule has 2 atom stereocenters. The Morgan fingerprint density at radius 1 is 1.47 bits per heavy atom. The summed E-state index contributed by atoms with van der Waals surface area (Å²) in [5.41, 5.74) is 7.84. The molecule has 0 radical (unpaired) electrons. The van der Waals surface area contributed by atoms with E-state index in [4.69, 9.17) is 5.73 Å². The van der Waals surface area contributed by atoms with E-state index < -0.39 is 0 Å². The van der Waals surface area contributed by atoms with Gasteiger partial charge in [0.15, 0.2) is 0 Å². The van der Waals surface area contributed by atoms with Crippen LogP contribution in [-0.4, -0.2) is 24.0 Å². The van der Waals surface area contributed by atoms with E-state index in [1.54, 1.807) is 0 Å². The highest BCUT2D eigenvalue weighted by Gasteiger charge is 2.29. The van der Waals surface area contributed by atoms with Crippen molar-refractivity contribution in [1.82, 2.24) is 4.90 Å². The fourth-order valence-electron chi connectivity index (χ4n) is 2.85. The summed E-state index contributed by atoms with van der Waals surface area (Å²) in [6.45, 7) is 6.86. The zero-order valence-electron chi connectivity index (χ0n) is 11.0. The van der Waals surface area contributed by atoms with Crippen molar-refractivity contribution in [2.24, 2.45) is 5.73 Å². The Balaban J connectivity index is 2.26. The normalized spacial score (nSPS) is 27.0. The average Bonchev–Trinajstić information content (AvgIpc) is 2.63. The summed E-state index contributed by atoms with van der Waals surface area (Å²) in [7, 11) is 0. The Labute approximate surface area is 109 Å². The largest absolute Gasteiger partial charge is 0.326 e. The number of thiophene rings is 1. The standard InChI is InChI=1S/C14H24N2S/c1-3-8-16-9-5-4-6-12(15)13(16)14-11(2)7-10-17-14/h7,10,12-13H,3-6,8-9,15H2,1-2H3. The molecule has 1 aliphatic heterocycles. The number of nitrogens with zero attached hydrogens (tertiary/aromatic N) is 1. The second-order valence-corrected chi connectivity index (χ2v) is 6.06. The molecule has 1 aliphatic rings. The van der Waals surface area contributed by atoms with Gasteiger partial charge in [-0.25, -0.2) is 0 Å². The molecule has 2 rings (SSSR count). The number of hydrogen-bond acceptors (Lipinski definition) is 3. The smallest absolute Gasteiger partial charge is 0.0596 e. The summed E-state index contributed by atoms with van der Waals surface area (Å²) in [6.07, 6.45) is 4.97. The molecule has 0 amide bonds. The molecule has 2 nitrogen and oxygen atoms in total. The molecule has 1 saturated heterocycles. The Morgan fingerprint density at radius 3 is 2.94 bits per heavy atom. The van der Waals surface area contributed by atoms with Crippen molar-refractivity contribution in [2.45, 2.75) is 51.6 Å². The van der Waals surface area contributed by atoms with Crippen molar-refractivity contribution < 1.29 is 0 Å². The van der Waals surface area contributed by atoms with Gasteiger partial charge in [-0.05, 0) is 56.3 Å². The van der Waals surface area contributed by atoms with E-state index in [1.807, 2.05) is 11.3 Å². The third-order valence-electron chi connectivity index (χ3n) is 3.71.